The van der Waals surface area contributed by atoms with Crippen molar-refractivity contribution in [1.29, 1.82) is 0 Å². The average Bonchev–Trinajstić information content (AvgIpc) is 2.94. The Morgan fingerprint density at radius 1 is 1.17 bits per heavy atom. The van der Waals surface area contributed by atoms with Gasteiger partial charge in [-0.3, -0.25) is 30.2 Å². The summed E-state index contributed by atoms with van der Waals surface area (Å²) in [6, 6.07) is 3.15. The molecule has 2 rings (SSSR count). The highest BCUT2D eigenvalue weighted by molar-refractivity contribution is 8.78. The molecule has 0 saturated heterocycles. The zero-order chi connectivity index (χ0) is 21.1. The molecule has 0 saturated carbocycles. The Kier molecular flexibility index (Phi) is 9.73. The van der Waals surface area contributed by atoms with Gasteiger partial charge in [-0.05, 0) is 37.5 Å². The topological polar surface area (TPSA) is 88.2 Å². The molecule has 2 amide bonds. The number of Topliss-reactive ketones (excluding diaryl/α,β-unsaturated/α-hetero) is 1. The molecular weight excluding hydrogens is 406 g/mol. The standard InChI is InChI=1S/C21H25N3O3S2/c1-15(25)14-18-6-4-3-5-7-19(18)29-28-16(2)8-9-20(26)23-24-21(27)17-10-12-22-13-11-17/h3-6,10-13,16H,7-9,14H2,1-2H3,(H,23,26)(H,24,27). The van der Waals surface area contributed by atoms with Crippen LogP contribution in [0.4, 0.5) is 0 Å². The number of hydrogen-bond acceptors (Lipinski definition) is 6. The van der Waals surface area contributed by atoms with Crippen LogP contribution in [0.3, 0.4) is 0 Å². The van der Waals surface area contributed by atoms with E-state index in [1.807, 2.05) is 18.2 Å². The van der Waals surface area contributed by atoms with Gasteiger partial charge >= 0.3 is 0 Å². The van der Waals surface area contributed by atoms with E-state index < -0.39 is 0 Å². The Bertz CT molecular complexity index is 820. The van der Waals surface area contributed by atoms with Crippen molar-refractivity contribution in [2.75, 3.05) is 0 Å². The van der Waals surface area contributed by atoms with Crippen LogP contribution in [-0.2, 0) is 9.59 Å². The number of ketones is 1. The number of allylic oxidation sites excluding steroid dienone is 6. The number of pyridine rings is 1. The number of hydrazine groups is 1. The lowest BCUT2D eigenvalue weighted by Crippen LogP contribution is -2.41. The van der Waals surface area contributed by atoms with E-state index in [-0.39, 0.29) is 22.8 Å². The predicted molar refractivity (Wildman–Crippen MR) is 119 cm³/mol. The van der Waals surface area contributed by atoms with Crippen LogP contribution in [-0.4, -0.2) is 27.8 Å². The van der Waals surface area contributed by atoms with Gasteiger partial charge < -0.3 is 0 Å². The number of amides is 2. The van der Waals surface area contributed by atoms with Gasteiger partial charge in [-0.1, -0.05) is 52.8 Å². The van der Waals surface area contributed by atoms with Crippen molar-refractivity contribution < 1.29 is 14.4 Å². The number of carbonyl (C=O) groups is 3. The van der Waals surface area contributed by atoms with Crippen LogP contribution < -0.4 is 10.9 Å². The van der Waals surface area contributed by atoms with Crippen molar-refractivity contribution in [3.05, 3.63) is 64.9 Å². The molecule has 0 aliphatic heterocycles. The highest BCUT2D eigenvalue weighted by Crippen LogP contribution is 2.40. The Labute approximate surface area is 179 Å². The second-order valence-corrected chi connectivity index (χ2v) is 9.32. The maximum Gasteiger partial charge on any atom is 0.269 e. The molecule has 1 unspecified atom stereocenters. The van der Waals surface area contributed by atoms with E-state index in [0.29, 0.717) is 24.8 Å². The molecule has 1 heterocycles. The lowest BCUT2D eigenvalue weighted by molar-refractivity contribution is -0.122. The van der Waals surface area contributed by atoms with E-state index in [0.717, 1.165) is 12.0 Å². The SMILES string of the molecule is CC(=O)CC1=C(SSC(C)CCC(=O)NNC(=O)c2ccncc2)CC=CC=C1. The summed E-state index contributed by atoms with van der Waals surface area (Å²) in [5, 5.41) is 0.240. The average molecular weight is 432 g/mol. The largest absolute Gasteiger partial charge is 0.300 e. The molecule has 8 heteroatoms. The first kappa shape index (κ1) is 23.0. The van der Waals surface area contributed by atoms with Gasteiger partial charge in [0.1, 0.15) is 5.78 Å². The second-order valence-electron chi connectivity index (χ2n) is 6.59. The van der Waals surface area contributed by atoms with Crippen molar-refractivity contribution in [3.8, 4) is 0 Å². The van der Waals surface area contributed by atoms with E-state index in [1.54, 1.807) is 40.6 Å². The monoisotopic (exact) mass is 431 g/mol. The third-order valence-electron chi connectivity index (χ3n) is 3.99. The molecule has 1 aliphatic rings. The predicted octanol–water partition coefficient (Wildman–Crippen LogP) is 4.14. The fraction of sp³-hybridized carbons (Fsp3) is 0.333. The molecule has 1 aromatic heterocycles. The first-order chi connectivity index (χ1) is 14.0. The summed E-state index contributed by atoms with van der Waals surface area (Å²) in [6.07, 6.45) is 13.3. The Morgan fingerprint density at radius 2 is 1.93 bits per heavy atom. The van der Waals surface area contributed by atoms with Gasteiger partial charge in [0.15, 0.2) is 0 Å². The molecule has 6 nitrogen and oxygen atoms in total. The fourth-order valence-corrected chi connectivity index (χ4v) is 5.01. The van der Waals surface area contributed by atoms with E-state index in [9.17, 15) is 14.4 Å². The second kappa shape index (κ2) is 12.3. The first-order valence-corrected chi connectivity index (χ1v) is 11.5. The van der Waals surface area contributed by atoms with Gasteiger partial charge in [0, 0.05) is 41.0 Å². The number of hydrogen-bond donors (Lipinski definition) is 2. The fourth-order valence-electron chi connectivity index (χ4n) is 2.45. The summed E-state index contributed by atoms with van der Waals surface area (Å²) in [7, 11) is 3.36. The highest BCUT2D eigenvalue weighted by atomic mass is 33.1. The minimum absolute atomic E-state index is 0.146. The molecule has 1 atom stereocenters. The summed E-state index contributed by atoms with van der Waals surface area (Å²) in [5.74, 6) is -0.465. The number of nitrogens with one attached hydrogen (secondary N) is 2. The van der Waals surface area contributed by atoms with E-state index in [1.165, 1.54) is 17.3 Å². The van der Waals surface area contributed by atoms with E-state index >= 15 is 0 Å². The normalized spacial score (nSPS) is 14.3. The molecule has 0 radical (unpaired) electrons. The molecule has 1 aliphatic carbocycles. The lowest BCUT2D eigenvalue weighted by Gasteiger charge is -2.14. The summed E-state index contributed by atoms with van der Waals surface area (Å²) in [4.78, 5) is 40.4. The molecule has 0 aromatic carbocycles. The summed E-state index contributed by atoms with van der Waals surface area (Å²) in [5.41, 5.74) is 6.33. The lowest BCUT2D eigenvalue weighted by atomic mass is 10.1. The van der Waals surface area contributed by atoms with Crippen molar-refractivity contribution in [2.45, 2.75) is 44.8 Å². The minimum atomic E-state index is -0.377. The Morgan fingerprint density at radius 3 is 2.66 bits per heavy atom. The van der Waals surface area contributed by atoms with Crippen LogP contribution in [0.2, 0.25) is 0 Å². The van der Waals surface area contributed by atoms with Crippen molar-refractivity contribution >= 4 is 39.2 Å². The first-order valence-electron chi connectivity index (χ1n) is 9.33. The van der Waals surface area contributed by atoms with Crippen LogP contribution in [0.1, 0.15) is 49.9 Å². The zero-order valence-corrected chi connectivity index (χ0v) is 18.1. The Hall–Kier alpha value is -2.32. The summed E-state index contributed by atoms with van der Waals surface area (Å²) in [6.45, 7) is 3.66. The maximum absolute atomic E-state index is 12.0. The number of rotatable bonds is 9. The molecule has 0 spiro atoms. The Balaban J connectivity index is 1.73. The van der Waals surface area contributed by atoms with Gasteiger partial charge in [0.05, 0.1) is 0 Å². The van der Waals surface area contributed by atoms with Crippen molar-refractivity contribution in [1.82, 2.24) is 15.8 Å². The van der Waals surface area contributed by atoms with Crippen LogP contribution in [0.15, 0.2) is 59.3 Å². The van der Waals surface area contributed by atoms with Crippen molar-refractivity contribution in [2.24, 2.45) is 0 Å². The molecule has 29 heavy (non-hydrogen) atoms. The molecule has 0 fully saturated rings. The zero-order valence-electron chi connectivity index (χ0n) is 16.5. The molecule has 154 valence electrons. The third-order valence-corrected chi connectivity index (χ3v) is 7.16. The van der Waals surface area contributed by atoms with E-state index in [2.05, 4.69) is 28.8 Å². The van der Waals surface area contributed by atoms with Gasteiger partial charge in [-0.2, -0.15) is 0 Å². The summed E-state index contributed by atoms with van der Waals surface area (Å²) >= 11 is 0. The van der Waals surface area contributed by atoms with Gasteiger partial charge in [0.25, 0.3) is 5.91 Å². The highest BCUT2D eigenvalue weighted by Gasteiger charge is 2.13. The third kappa shape index (κ3) is 8.70. The van der Waals surface area contributed by atoms with Crippen LogP contribution in [0.5, 0.6) is 0 Å². The summed E-state index contributed by atoms with van der Waals surface area (Å²) < 4.78 is 0. The number of nitrogens with zero attached hydrogens (tertiary/aromatic N) is 1. The number of carbonyl (C=O) groups excluding carboxylic acids is 3. The van der Waals surface area contributed by atoms with Crippen LogP contribution in [0.25, 0.3) is 0 Å². The molecule has 2 N–H and O–H groups in total. The van der Waals surface area contributed by atoms with Gasteiger partial charge in [-0.25, -0.2) is 0 Å². The molecule has 0 bridgehead atoms. The van der Waals surface area contributed by atoms with E-state index in [4.69, 9.17) is 0 Å². The maximum atomic E-state index is 12.0. The quantitative estimate of drug-likeness (QED) is 0.451. The van der Waals surface area contributed by atoms with Gasteiger partial charge in [-0.15, -0.1) is 0 Å². The number of aromatic nitrogens is 1. The molecular formula is C21H25N3O3S2. The molecule has 1 aromatic rings. The van der Waals surface area contributed by atoms with Crippen molar-refractivity contribution in [3.63, 3.8) is 0 Å². The smallest absolute Gasteiger partial charge is 0.269 e. The van der Waals surface area contributed by atoms with Crippen LogP contribution >= 0.6 is 21.6 Å². The van der Waals surface area contributed by atoms with Crippen LogP contribution in [0, 0.1) is 0 Å². The minimum Gasteiger partial charge on any atom is -0.300 e. The van der Waals surface area contributed by atoms with Gasteiger partial charge in [0.2, 0.25) is 5.91 Å².